The van der Waals surface area contributed by atoms with Crippen molar-refractivity contribution in [3.05, 3.63) is 48.0 Å². The average molecular weight is 499 g/mol. The van der Waals surface area contributed by atoms with Gasteiger partial charge in [-0.05, 0) is 42.8 Å². The monoisotopic (exact) mass is 498 g/mol. The highest BCUT2D eigenvalue weighted by Crippen LogP contribution is 2.36. The van der Waals surface area contributed by atoms with E-state index in [4.69, 9.17) is 4.74 Å². The Kier molecular flexibility index (Phi) is 7.41. The second-order valence-corrected chi connectivity index (χ2v) is 11.6. The number of sulfonamides is 1. The fourth-order valence-corrected chi connectivity index (χ4v) is 6.58. The predicted molar refractivity (Wildman–Crippen MR) is 140 cm³/mol. The molecule has 180 valence electrons. The molecule has 0 radical (unpaired) electrons. The van der Waals surface area contributed by atoms with Crippen LogP contribution in [0.3, 0.4) is 0 Å². The second-order valence-electron chi connectivity index (χ2n) is 8.25. The molecule has 1 fully saturated rings. The Hall–Kier alpha value is -2.67. The van der Waals surface area contributed by atoms with Crippen LogP contribution in [0.5, 0.6) is 5.75 Å². The third kappa shape index (κ3) is 4.76. The number of nitriles is 1. The molecule has 4 rings (SSSR count). The lowest BCUT2D eigenvalue weighted by atomic mass is 10.1. The summed E-state index contributed by atoms with van der Waals surface area (Å²) in [6.45, 7) is 5.18. The molecule has 0 amide bonds. The van der Waals surface area contributed by atoms with E-state index in [1.165, 1.54) is 4.31 Å². The minimum absolute atomic E-state index is 0.0976. The molecule has 3 aromatic rings. The van der Waals surface area contributed by atoms with E-state index >= 15 is 0 Å². The maximum absolute atomic E-state index is 12.9. The molecule has 0 aliphatic carbocycles. The highest BCUT2D eigenvalue weighted by atomic mass is 32.2. The van der Waals surface area contributed by atoms with Gasteiger partial charge in [-0.2, -0.15) is 17.0 Å². The van der Waals surface area contributed by atoms with Crippen LogP contribution in [0, 0.1) is 11.3 Å². The van der Waals surface area contributed by atoms with Gasteiger partial charge in [0.25, 0.3) is 0 Å². The van der Waals surface area contributed by atoms with E-state index in [2.05, 4.69) is 15.5 Å². The summed E-state index contributed by atoms with van der Waals surface area (Å²) in [5.74, 6) is 2.92. The van der Waals surface area contributed by atoms with Crippen LogP contribution in [0.2, 0.25) is 0 Å². The van der Waals surface area contributed by atoms with Gasteiger partial charge in [0.1, 0.15) is 11.8 Å². The molecule has 7 nitrogen and oxygen atoms in total. The Bertz CT molecular complexity index is 1300. The van der Waals surface area contributed by atoms with Crippen LogP contribution in [0.15, 0.2) is 42.5 Å². The van der Waals surface area contributed by atoms with Crippen LogP contribution in [0.25, 0.3) is 22.2 Å². The largest absolute Gasteiger partial charge is 0.497 e. The quantitative estimate of drug-likeness (QED) is 0.467. The van der Waals surface area contributed by atoms with Crippen molar-refractivity contribution in [3.63, 3.8) is 0 Å². The molecule has 0 bridgehead atoms. The summed E-state index contributed by atoms with van der Waals surface area (Å²) in [6.07, 6.45) is 0. The highest BCUT2D eigenvalue weighted by molar-refractivity contribution is 7.99. The summed E-state index contributed by atoms with van der Waals surface area (Å²) >= 11 is 1.91. The summed E-state index contributed by atoms with van der Waals surface area (Å²) in [7, 11) is -0.216. The number of benzene rings is 2. The molecule has 34 heavy (non-hydrogen) atoms. The van der Waals surface area contributed by atoms with E-state index in [0.717, 1.165) is 46.8 Å². The van der Waals surface area contributed by atoms with Crippen molar-refractivity contribution in [3.8, 4) is 23.1 Å². The number of ether oxygens (including phenoxy) is 1. The Labute approximate surface area is 206 Å². The van der Waals surface area contributed by atoms with Crippen molar-refractivity contribution in [1.82, 2.24) is 9.47 Å². The van der Waals surface area contributed by atoms with E-state index < -0.39 is 10.0 Å². The number of fused-ring (bicyclic) bond motifs is 1. The van der Waals surface area contributed by atoms with Crippen LogP contribution < -0.4 is 9.04 Å². The molecule has 0 unspecified atom stereocenters. The number of aromatic nitrogens is 1. The molecule has 1 aromatic heterocycles. The first-order valence-electron chi connectivity index (χ1n) is 11.4. The number of anilines is 1. The Morgan fingerprint density at radius 3 is 2.47 bits per heavy atom. The second kappa shape index (κ2) is 10.3. The molecule has 0 N–H and O–H groups in total. The smallest absolute Gasteiger partial charge is 0.236 e. The Morgan fingerprint density at radius 1 is 1.15 bits per heavy atom. The number of hydrogen-bond donors (Lipinski definition) is 0. The minimum atomic E-state index is -3.43. The van der Waals surface area contributed by atoms with Crippen LogP contribution in [0.4, 0.5) is 5.69 Å². The van der Waals surface area contributed by atoms with Gasteiger partial charge < -0.3 is 14.2 Å². The first kappa shape index (κ1) is 24.5. The topological polar surface area (TPSA) is 78.6 Å². The molecular formula is C25H30N4O3S2. The first-order chi connectivity index (χ1) is 16.4. The van der Waals surface area contributed by atoms with Gasteiger partial charge in [0, 0.05) is 50.1 Å². The van der Waals surface area contributed by atoms with Gasteiger partial charge in [-0.15, -0.1) is 0 Å². The predicted octanol–water partition coefficient (Wildman–Crippen LogP) is 4.02. The van der Waals surface area contributed by atoms with Gasteiger partial charge in [0.2, 0.25) is 10.0 Å². The number of rotatable bonds is 8. The molecule has 1 aliphatic rings. The Balaban J connectivity index is 1.61. The van der Waals surface area contributed by atoms with E-state index in [1.807, 2.05) is 61.2 Å². The van der Waals surface area contributed by atoms with Gasteiger partial charge in [-0.1, -0.05) is 12.1 Å². The third-order valence-electron chi connectivity index (χ3n) is 6.39. The molecule has 1 saturated heterocycles. The van der Waals surface area contributed by atoms with Gasteiger partial charge >= 0.3 is 0 Å². The molecule has 1 aliphatic heterocycles. The summed E-state index contributed by atoms with van der Waals surface area (Å²) in [5, 5.41) is 10.8. The van der Waals surface area contributed by atoms with E-state index in [1.54, 1.807) is 14.2 Å². The fraction of sp³-hybridized carbons (Fsp3) is 0.400. The maximum Gasteiger partial charge on any atom is 0.236 e. The van der Waals surface area contributed by atoms with Gasteiger partial charge in [-0.3, -0.25) is 4.31 Å². The lowest BCUT2D eigenvalue weighted by molar-refractivity contribution is 0.320. The highest BCUT2D eigenvalue weighted by Gasteiger charge is 2.22. The molecule has 0 atom stereocenters. The van der Waals surface area contributed by atoms with E-state index in [0.29, 0.717) is 30.1 Å². The average Bonchev–Trinajstić information content (AvgIpc) is 3.20. The van der Waals surface area contributed by atoms with Crippen molar-refractivity contribution in [2.75, 3.05) is 55.4 Å². The van der Waals surface area contributed by atoms with Gasteiger partial charge in [0.15, 0.2) is 0 Å². The van der Waals surface area contributed by atoms with Crippen molar-refractivity contribution in [2.45, 2.75) is 13.5 Å². The van der Waals surface area contributed by atoms with Crippen molar-refractivity contribution in [2.24, 2.45) is 0 Å². The zero-order chi connectivity index (χ0) is 24.3. The fourth-order valence-electron chi connectivity index (χ4n) is 4.40. The number of nitrogens with zero attached hydrogens (tertiary/aromatic N) is 4. The zero-order valence-electron chi connectivity index (χ0n) is 19.8. The minimum Gasteiger partial charge on any atom is -0.497 e. The number of hydrogen-bond acceptors (Lipinski definition) is 6. The molecule has 2 heterocycles. The summed E-state index contributed by atoms with van der Waals surface area (Å²) in [6, 6.07) is 15.5. The molecule has 9 heteroatoms. The standard InChI is InChI=1S/C25H30N4O3S2/c1-4-29-24-10-9-21(32-3)17-22(24)23(18-26)25(29)19-5-7-20(8-6-19)27(2)34(30,31)16-13-28-11-14-33-15-12-28/h5-10,17H,4,11-16H2,1-3H3. The van der Waals surface area contributed by atoms with Crippen LogP contribution >= 0.6 is 11.8 Å². The summed E-state index contributed by atoms with van der Waals surface area (Å²) < 4.78 is 34.7. The van der Waals surface area contributed by atoms with Gasteiger partial charge in [-0.25, -0.2) is 8.42 Å². The number of thioether (sulfide) groups is 1. The number of aryl methyl sites for hydroxylation is 1. The summed E-state index contributed by atoms with van der Waals surface area (Å²) in [5.41, 5.74) is 3.86. The van der Waals surface area contributed by atoms with Crippen molar-refractivity contribution >= 4 is 38.4 Å². The van der Waals surface area contributed by atoms with Crippen LogP contribution in [-0.2, 0) is 16.6 Å². The SMILES string of the molecule is CCn1c(-c2ccc(N(C)S(=O)(=O)CCN3CCSCC3)cc2)c(C#N)c2cc(OC)ccc21. The van der Waals surface area contributed by atoms with Gasteiger partial charge in [0.05, 0.1) is 35.3 Å². The van der Waals surface area contributed by atoms with Crippen LogP contribution in [0.1, 0.15) is 12.5 Å². The zero-order valence-corrected chi connectivity index (χ0v) is 21.5. The lowest BCUT2D eigenvalue weighted by Crippen LogP contribution is -2.39. The van der Waals surface area contributed by atoms with Crippen molar-refractivity contribution in [1.29, 1.82) is 5.26 Å². The normalized spacial score (nSPS) is 14.8. The summed E-state index contributed by atoms with van der Waals surface area (Å²) in [4.78, 5) is 2.22. The van der Waals surface area contributed by atoms with E-state index in [-0.39, 0.29) is 5.75 Å². The molecule has 2 aromatic carbocycles. The Morgan fingerprint density at radius 2 is 1.85 bits per heavy atom. The number of methoxy groups -OCH3 is 1. The maximum atomic E-state index is 12.9. The van der Waals surface area contributed by atoms with Crippen LogP contribution in [-0.4, -0.2) is 68.9 Å². The first-order valence-corrected chi connectivity index (χ1v) is 14.1. The molecule has 0 saturated carbocycles. The third-order valence-corrected chi connectivity index (χ3v) is 9.08. The lowest BCUT2D eigenvalue weighted by Gasteiger charge is -2.27. The van der Waals surface area contributed by atoms with E-state index in [9.17, 15) is 13.7 Å². The van der Waals surface area contributed by atoms with Crippen molar-refractivity contribution < 1.29 is 13.2 Å². The molecule has 0 spiro atoms. The molecular weight excluding hydrogens is 468 g/mol.